The largest absolute Gasteiger partial charge is 0.497 e. The molecule has 1 unspecified atom stereocenters. The van der Waals surface area contributed by atoms with Crippen molar-refractivity contribution < 1.29 is 33.5 Å². The topological polar surface area (TPSA) is 75.6 Å². The molecular formula is C27H30O7. The molecule has 0 fully saturated rings. The minimum atomic E-state index is -1.000. The summed E-state index contributed by atoms with van der Waals surface area (Å²) >= 11 is 0. The molecule has 3 rings (SSSR count). The normalized spacial score (nSPS) is 11.7. The van der Waals surface area contributed by atoms with Crippen LogP contribution in [-0.4, -0.2) is 47.8 Å². The van der Waals surface area contributed by atoms with Crippen LogP contribution < -0.4 is 28.4 Å². The predicted molar refractivity (Wildman–Crippen MR) is 132 cm³/mol. The number of benzene rings is 3. The van der Waals surface area contributed by atoms with Gasteiger partial charge in [-0.2, -0.15) is 0 Å². The minimum Gasteiger partial charge on any atom is -0.497 e. The van der Waals surface area contributed by atoms with E-state index in [2.05, 4.69) is 0 Å². The van der Waals surface area contributed by atoms with Gasteiger partial charge in [0, 0.05) is 17.7 Å². The van der Waals surface area contributed by atoms with Crippen molar-refractivity contribution in [2.75, 3.05) is 42.7 Å². The Morgan fingerprint density at radius 3 is 1.74 bits per heavy atom. The highest BCUT2D eigenvalue weighted by atomic mass is 16.5. The van der Waals surface area contributed by atoms with Crippen molar-refractivity contribution in [2.45, 2.75) is 6.10 Å². The van der Waals surface area contributed by atoms with E-state index in [9.17, 15) is 5.11 Å². The molecule has 3 aromatic rings. The summed E-state index contributed by atoms with van der Waals surface area (Å²) in [4.78, 5) is 0. The van der Waals surface area contributed by atoms with Crippen LogP contribution in [0.4, 0.5) is 0 Å². The fraction of sp³-hybridized carbons (Fsp3) is 0.259. The third-order valence-electron chi connectivity index (χ3n) is 5.43. The fourth-order valence-corrected chi connectivity index (χ4v) is 3.64. The highest BCUT2D eigenvalue weighted by molar-refractivity contribution is 5.75. The van der Waals surface area contributed by atoms with E-state index in [4.69, 9.17) is 28.4 Å². The van der Waals surface area contributed by atoms with Crippen molar-refractivity contribution in [2.24, 2.45) is 0 Å². The van der Waals surface area contributed by atoms with E-state index in [1.807, 2.05) is 30.4 Å². The van der Waals surface area contributed by atoms with Gasteiger partial charge in [-0.25, -0.2) is 0 Å². The molecule has 0 aliphatic heterocycles. The Hall–Kier alpha value is -3.84. The van der Waals surface area contributed by atoms with Gasteiger partial charge in [0.1, 0.15) is 29.1 Å². The maximum atomic E-state index is 11.4. The summed E-state index contributed by atoms with van der Waals surface area (Å²) in [5, 5.41) is 11.4. The maximum Gasteiger partial charge on any atom is 0.161 e. The van der Waals surface area contributed by atoms with Crippen molar-refractivity contribution in [1.29, 1.82) is 0 Å². The van der Waals surface area contributed by atoms with E-state index >= 15 is 0 Å². The van der Waals surface area contributed by atoms with Gasteiger partial charge in [-0.05, 0) is 47.0 Å². The third kappa shape index (κ3) is 5.38. The minimum absolute atomic E-state index is 0.490. The number of hydrogen-bond donors (Lipinski definition) is 1. The van der Waals surface area contributed by atoms with Crippen LogP contribution in [0.15, 0.2) is 48.5 Å². The molecule has 0 spiro atoms. The van der Waals surface area contributed by atoms with Crippen LogP contribution in [0.5, 0.6) is 34.5 Å². The van der Waals surface area contributed by atoms with E-state index in [0.717, 1.165) is 11.1 Å². The Morgan fingerprint density at radius 2 is 1.18 bits per heavy atom. The summed E-state index contributed by atoms with van der Waals surface area (Å²) in [6.45, 7) is 0. The van der Waals surface area contributed by atoms with E-state index in [1.165, 1.54) is 0 Å². The van der Waals surface area contributed by atoms with Crippen molar-refractivity contribution in [3.05, 3.63) is 70.8 Å². The van der Waals surface area contributed by atoms with E-state index in [-0.39, 0.29) is 0 Å². The Labute approximate surface area is 200 Å². The molecule has 0 bridgehead atoms. The van der Waals surface area contributed by atoms with Gasteiger partial charge in [0.15, 0.2) is 11.5 Å². The molecule has 7 nitrogen and oxygen atoms in total. The Bertz CT molecular complexity index is 1130. The number of aliphatic hydroxyl groups excluding tert-OH is 1. The molecule has 180 valence electrons. The quantitative estimate of drug-likeness (QED) is 0.422. The molecule has 7 heteroatoms. The zero-order valence-corrected chi connectivity index (χ0v) is 20.2. The van der Waals surface area contributed by atoms with Gasteiger partial charge in [-0.3, -0.25) is 0 Å². The summed E-state index contributed by atoms with van der Waals surface area (Å²) in [6.07, 6.45) is 2.79. The lowest BCUT2D eigenvalue weighted by molar-refractivity contribution is 0.213. The molecule has 0 aliphatic carbocycles. The average molecular weight is 467 g/mol. The van der Waals surface area contributed by atoms with Gasteiger partial charge < -0.3 is 33.5 Å². The molecule has 0 amide bonds. The summed E-state index contributed by atoms with van der Waals surface area (Å²) in [5.41, 5.74) is 2.80. The number of ether oxygens (including phenoxy) is 6. The van der Waals surface area contributed by atoms with Crippen LogP contribution in [0.1, 0.15) is 28.4 Å². The second kappa shape index (κ2) is 11.3. The van der Waals surface area contributed by atoms with Gasteiger partial charge in [0.25, 0.3) is 0 Å². The van der Waals surface area contributed by atoms with Crippen molar-refractivity contribution in [1.82, 2.24) is 0 Å². The van der Waals surface area contributed by atoms with E-state index < -0.39 is 6.10 Å². The molecule has 0 aliphatic rings. The lowest BCUT2D eigenvalue weighted by Gasteiger charge is -2.20. The molecule has 1 atom stereocenters. The highest BCUT2D eigenvalue weighted by Gasteiger charge is 2.22. The van der Waals surface area contributed by atoms with Gasteiger partial charge >= 0.3 is 0 Å². The van der Waals surface area contributed by atoms with Crippen molar-refractivity contribution >= 4 is 12.2 Å². The Kier molecular flexibility index (Phi) is 8.27. The van der Waals surface area contributed by atoms with Gasteiger partial charge in [-0.1, -0.05) is 18.2 Å². The molecule has 0 saturated carbocycles. The van der Waals surface area contributed by atoms with Crippen LogP contribution in [0.2, 0.25) is 0 Å². The molecule has 1 N–H and O–H groups in total. The average Bonchev–Trinajstić information content (AvgIpc) is 2.89. The monoisotopic (exact) mass is 466 g/mol. The zero-order chi connectivity index (χ0) is 24.7. The lowest BCUT2D eigenvalue weighted by Crippen LogP contribution is -2.06. The summed E-state index contributed by atoms with van der Waals surface area (Å²) in [6, 6.07) is 14.5. The van der Waals surface area contributed by atoms with Crippen LogP contribution in [0.3, 0.4) is 0 Å². The highest BCUT2D eigenvalue weighted by Crippen LogP contribution is 2.39. The molecule has 0 heterocycles. The molecule has 0 radical (unpaired) electrons. The molecule has 0 saturated heterocycles. The lowest BCUT2D eigenvalue weighted by atomic mass is 9.94. The number of methoxy groups -OCH3 is 6. The maximum absolute atomic E-state index is 11.4. The Balaban J connectivity index is 2.12. The van der Waals surface area contributed by atoms with Crippen LogP contribution in [0.25, 0.3) is 12.2 Å². The first-order chi connectivity index (χ1) is 16.5. The SMILES string of the molecule is COc1cc(/C=C/c2cc(OC)cc(OC)c2C(O)c2ccc(OC)c(OC)c2)cc(OC)c1. The first-order valence-corrected chi connectivity index (χ1v) is 10.5. The molecule has 3 aromatic carbocycles. The predicted octanol–water partition coefficient (Wildman–Crippen LogP) is 4.99. The number of rotatable bonds is 10. The molecule has 34 heavy (non-hydrogen) atoms. The van der Waals surface area contributed by atoms with E-state index in [0.29, 0.717) is 45.6 Å². The zero-order valence-electron chi connectivity index (χ0n) is 20.2. The standard InChI is InChI=1S/C27H30O7/c1-29-20-11-17(12-21(15-20)30-2)7-8-18-13-22(31-3)16-25(34-6)26(18)27(28)19-9-10-23(32-4)24(14-19)33-5/h7-16,27-28H,1-6H3/b8-7+. The van der Waals surface area contributed by atoms with Crippen molar-refractivity contribution in [3.8, 4) is 34.5 Å². The van der Waals surface area contributed by atoms with E-state index in [1.54, 1.807) is 73.0 Å². The third-order valence-corrected chi connectivity index (χ3v) is 5.43. The number of hydrogen-bond acceptors (Lipinski definition) is 7. The summed E-state index contributed by atoms with van der Waals surface area (Å²) in [7, 11) is 9.47. The Morgan fingerprint density at radius 1 is 0.588 bits per heavy atom. The molecule has 0 aromatic heterocycles. The number of aliphatic hydroxyl groups is 1. The van der Waals surface area contributed by atoms with Crippen LogP contribution in [-0.2, 0) is 0 Å². The second-order valence-corrected chi connectivity index (χ2v) is 7.33. The van der Waals surface area contributed by atoms with Gasteiger partial charge in [0.05, 0.1) is 42.7 Å². The summed E-state index contributed by atoms with van der Waals surface area (Å²) < 4.78 is 32.6. The molecular weight excluding hydrogens is 436 g/mol. The first-order valence-electron chi connectivity index (χ1n) is 10.5. The first kappa shape index (κ1) is 24.8. The van der Waals surface area contributed by atoms with Gasteiger partial charge in [0.2, 0.25) is 0 Å². The second-order valence-electron chi connectivity index (χ2n) is 7.33. The fourth-order valence-electron chi connectivity index (χ4n) is 3.64. The van der Waals surface area contributed by atoms with Crippen LogP contribution in [0, 0.1) is 0 Å². The van der Waals surface area contributed by atoms with Gasteiger partial charge in [-0.15, -0.1) is 0 Å². The smallest absolute Gasteiger partial charge is 0.161 e. The van der Waals surface area contributed by atoms with Crippen LogP contribution >= 0.6 is 0 Å². The summed E-state index contributed by atoms with van der Waals surface area (Å²) in [5.74, 6) is 3.53. The van der Waals surface area contributed by atoms with Crippen molar-refractivity contribution in [3.63, 3.8) is 0 Å².